The van der Waals surface area contributed by atoms with Crippen molar-refractivity contribution in [3.63, 3.8) is 0 Å². The van der Waals surface area contributed by atoms with Crippen LogP contribution in [-0.2, 0) is 26.7 Å². The molecule has 6 nitrogen and oxygen atoms in total. The molecule has 1 saturated heterocycles. The van der Waals surface area contributed by atoms with Crippen LogP contribution in [0.2, 0.25) is 0 Å². The maximum absolute atomic E-state index is 12.9. The monoisotopic (exact) mass is 461 g/mol. The number of amides is 1. The summed E-state index contributed by atoms with van der Waals surface area (Å²) in [6.45, 7) is 2.74. The van der Waals surface area contributed by atoms with E-state index in [0.29, 0.717) is 18.7 Å². The molecule has 0 radical (unpaired) electrons. The normalized spacial score (nSPS) is 25.4. The van der Waals surface area contributed by atoms with Crippen LogP contribution in [0.5, 0.6) is 0 Å². The molecule has 0 unspecified atom stereocenters. The molecular formula is C21H30F3N3O3S. The highest BCUT2D eigenvalue weighted by Gasteiger charge is 2.46. The molecule has 1 saturated carbocycles. The fourth-order valence-corrected chi connectivity index (χ4v) is 6.32. The van der Waals surface area contributed by atoms with Crippen molar-refractivity contribution in [1.82, 2.24) is 14.9 Å². The van der Waals surface area contributed by atoms with E-state index in [1.807, 2.05) is 6.92 Å². The summed E-state index contributed by atoms with van der Waals surface area (Å²) < 4.78 is 65.4. The van der Waals surface area contributed by atoms with Crippen molar-refractivity contribution in [2.75, 3.05) is 20.1 Å². The van der Waals surface area contributed by atoms with Gasteiger partial charge in [0.05, 0.1) is 17.4 Å². The summed E-state index contributed by atoms with van der Waals surface area (Å²) in [6.07, 6.45) is -1.16. The average Bonchev–Trinajstić information content (AvgIpc) is 3.28. The predicted octanol–water partition coefficient (Wildman–Crippen LogP) is 2.75. The predicted molar refractivity (Wildman–Crippen MR) is 112 cm³/mol. The highest BCUT2D eigenvalue weighted by Crippen LogP contribution is 2.39. The van der Waals surface area contributed by atoms with Gasteiger partial charge in [0, 0.05) is 19.1 Å². The second-order valence-electron chi connectivity index (χ2n) is 8.51. The number of fused-ring (bicyclic) bond motifs is 1. The third-order valence-electron chi connectivity index (χ3n) is 6.42. The van der Waals surface area contributed by atoms with Gasteiger partial charge in [-0.15, -0.1) is 0 Å². The maximum atomic E-state index is 12.9. The summed E-state index contributed by atoms with van der Waals surface area (Å²) in [7, 11) is -1.91. The Morgan fingerprint density at radius 2 is 1.87 bits per heavy atom. The minimum Gasteiger partial charge on any atom is -0.352 e. The molecule has 4 atom stereocenters. The third kappa shape index (κ3) is 5.59. The fourth-order valence-electron chi connectivity index (χ4n) is 4.70. The van der Waals surface area contributed by atoms with E-state index in [4.69, 9.17) is 0 Å². The molecule has 174 valence electrons. The smallest absolute Gasteiger partial charge is 0.352 e. The van der Waals surface area contributed by atoms with E-state index in [-0.39, 0.29) is 35.6 Å². The van der Waals surface area contributed by atoms with Gasteiger partial charge in [-0.05, 0) is 55.8 Å². The highest BCUT2D eigenvalue weighted by atomic mass is 32.2. The first-order valence-electron chi connectivity index (χ1n) is 10.7. The van der Waals surface area contributed by atoms with Gasteiger partial charge in [0.1, 0.15) is 0 Å². The molecule has 2 N–H and O–H groups in total. The Labute approximate surface area is 181 Å². The molecule has 1 amide bonds. The molecule has 0 spiro atoms. The Bertz CT molecular complexity index is 874. The van der Waals surface area contributed by atoms with Crippen LogP contribution in [0, 0.1) is 11.8 Å². The molecule has 2 aliphatic rings. The fraction of sp³-hybridized carbons (Fsp3) is 0.667. The van der Waals surface area contributed by atoms with Crippen molar-refractivity contribution in [1.29, 1.82) is 0 Å². The van der Waals surface area contributed by atoms with Crippen molar-refractivity contribution in [2.24, 2.45) is 11.8 Å². The minimum absolute atomic E-state index is 0.0546. The van der Waals surface area contributed by atoms with E-state index in [1.165, 1.54) is 16.4 Å². The number of carbonyl (C=O) groups is 1. The molecule has 10 heteroatoms. The van der Waals surface area contributed by atoms with Crippen LogP contribution in [0.1, 0.15) is 43.7 Å². The minimum atomic E-state index is -4.45. The SMILES string of the molecule is CCC[C@H](NC)C(=O)N[C@H]1CC[C@@H]2CN(S(=O)(=O)Cc3ccc(C(F)(F)F)cc3)C[C@@H]21. The van der Waals surface area contributed by atoms with E-state index in [1.54, 1.807) is 7.05 Å². The second-order valence-corrected chi connectivity index (χ2v) is 10.5. The lowest BCUT2D eigenvalue weighted by Crippen LogP contribution is -2.48. The Morgan fingerprint density at radius 3 is 2.45 bits per heavy atom. The van der Waals surface area contributed by atoms with Gasteiger partial charge in [-0.25, -0.2) is 12.7 Å². The van der Waals surface area contributed by atoms with Gasteiger partial charge in [-0.3, -0.25) is 4.79 Å². The molecule has 1 aliphatic heterocycles. The number of nitrogens with one attached hydrogen (secondary N) is 2. The zero-order chi connectivity index (χ0) is 22.8. The van der Waals surface area contributed by atoms with Crippen LogP contribution in [0.3, 0.4) is 0 Å². The van der Waals surface area contributed by atoms with Crippen molar-refractivity contribution in [3.05, 3.63) is 35.4 Å². The van der Waals surface area contributed by atoms with Crippen LogP contribution >= 0.6 is 0 Å². The maximum Gasteiger partial charge on any atom is 0.416 e. The highest BCUT2D eigenvalue weighted by molar-refractivity contribution is 7.88. The molecular weight excluding hydrogens is 431 g/mol. The number of sulfonamides is 1. The number of nitrogens with zero attached hydrogens (tertiary/aromatic N) is 1. The van der Waals surface area contributed by atoms with Crippen molar-refractivity contribution in [2.45, 2.75) is 56.6 Å². The molecule has 1 heterocycles. The van der Waals surface area contributed by atoms with Crippen molar-refractivity contribution < 1.29 is 26.4 Å². The van der Waals surface area contributed by atoms with E-state index < -0.39 is 21.8 Å². The van der Waals surface area contributed by atoms with Gasteiger partial charge >= 0.3 is 6.18 Å². The topological polar surface area (TPSA) is 78.5 Å². The second kappa shape index (κ2) is 9.46. The molecule has 0 aromatic heterocycles. The standard InChI is InChI=1S/C21H30F3N3O3S/c1-3-4-19(25-2)20(28)26-18-10-7-15-11-27(12-17(15)18)31(29,30)13-14-5-8-16(9-6-14)21(22,23)24/h5-6,8-9,15,17-19,25H,3-4,7,10-13H2,1-2H3,(H,26,28)/t15-,17+,18+,19+/m1/s1. The zero-order valence-corrected chi connectivity index (χ0v) is 18.6. The first-order valence-corrected chi connectivity index (χ1v) is 12.3. The molecule has 1 aliphatic carbocycles. The first-order chi connectivity index (χ1) is 14.5. The average molecular weight is 462 g/mol. The van der Waals surface area contributed by atoms with Crippen molar-refractivity contribution >= 4 is 15.9 Å². The van der Waals surface area contributed by atoms with E-state index in [0.717, 1.165) is 37.8 Å². The molecule has 2 fully saturated rings. The van der Waals surface area contributed by atoms with Crippen LogP contribution in [0.25, 0.3) is 0 Å². The van der Waals surface area contributed by atoms with Gasteiger partial charge in [0.25, 0.3) is 0 Å². The summed E-state index contributed by atoms with van der Waals surface area (Å²) in [4.78, 5) is 12.5. The summed E-state index contributed by atoms with van der Waals surface area (Å²) in [5.41, 5.74) is -0.475. The molecule has 0 bridgehead atoms. The number of benzene rings is 1. The van der Waals surface area contributed by atoms with Gasteiger partial charge in [0.2, 0.25) is 15.9 Å². The van der Waals surface area contributed by atoms with Gasteiger partial charge in [0.15, 0.2) is 0 Å². The quantitative estimate of drug-likeness (QED) is 0.624. The number of likely N-dealkylation sites (N-methyl/N-ethyl adjacent to an activating group) is 1. The van der Waals surface area contributed by atoms with Crippen LogP contribution < -0.4 is 10.6 Å². The Kier molecular flexibility index (Phi) is 7.32. The van der Waals surface area contributed by atoms with E-state index in [9.17, 15) is 26.4 Å². The van der Waals surface area contributed by atoms with Crippen LogP contribution in [0.15, 0.2) is 24.3 Å². The molecule has 1 aromatic rings. The molecule has 31 heavy (non-hydrogen) atoms. The van der Waals surface area contributed by atoms with E-state index in [2.05, 4.69) is 10.6 Å². The molecule has 3 rings (SSSR count). The number of hydrogen-bond donors (Lipinski definition) is 2. The summed E-state index contributed by atoms with van der Waals surface area (Å²) >= 11 is 0. The van der Waals surface area contributed by atoms with Crippen molar-refractivity contribution in [3.8, 4) is 0 Å². The van der Waals surface area contributed by atoms with Gasteiger partial charge < -0.3 is 10.6 Å². The summed E-state index contributed by atoms with van der Waals surface area (Å²) in [6, 6.07) is 3.92. The first kappa shape index (κ1) is 24.0. The van der Waals surface area contributed by atoms with Gasteiger partial charge in [-0.1, -0.05) is 25.5 Å². The summed E-state index contributed by atoms with van der Waals surface area (Å²) in [5.74, 6) is -0.140. The number of carbonyl (C=O) groups excluding carboxylic acids is 1. The number of alkyl halides is 3. The largest absolute Gasteiger partial charge is 0.416 e. The number of rotatable bonds is 8. The lowest BCUT2D eigenvalue weighted by molar-refractivity contribution is -0.137. The third-order valence-corrected chi connectivity index (χ3v) is 8.20. The number of halogens is 3. The van der Waals surface area contributed by atoms with Crippen LogP contribution in [-0.4, -0.2) is 50.9 Å². The zero-order valence-electron chi connectivity index (χ0n) is 17.8. The Hall–Kier alpha value is -1.65. The van der Waals surface area contributed by atoms with Crippen LogP contribution in [0.4, 0.5) is 13.2 Å². The van der Waals surface area contributed by atoms with Gasteiger partial charge in [-0.2, -0.15) is 13.2 Å². The summed E-state index contributed by atoms with van der Waals surface area (Å²) in [5, 5.41) is 6.12. The lowest BCUT2D eigenvalue weighted by Gasteiger charge is -2.24. The lowest BCUT2D eigenvalue weighted by atomic mass is 9.97. The number of hydrogen-bond acceptors (Lipinski definition) is 4. The van der Waals surface area contributed by atoms with E-state index >= 15 is 0 Å². The Morgan fingerprint density at radius 1 is 1.19 bits per heavy atom. The Balaban J connectivity index is 1.62. The molecule has 1 aromatic carbocycles.